The van der Waals surface area contributed by atoms with E-state index in [0.29, 0.717) is 0 Å². The number of piperazine rings is 1. The second-order valence-corrected chi connectivity index (χ2v) is 7.52. The van der Waals surface area contributed by atoms with Gasteiger partial charge >= 0.3 is 0 Å². The lowest BCUT2D eigenvalue weighted by Gasteiger charge is -2.36. The summed E-state index contributed by atoms with van der Waals surface area (Å²) in [6, 6.07) is 10.9. The van der Waals surface area contributed by atoms with Crippen LogP contribution < -0.4 is 5.32 Å². The Hall–Kier alpha value is -2.04. The number of hydrogen-bond donors (Lipinski definition) is 1. The summed E-state index contributed by atoms with van der Waals surface area (Å²) in [5.41, 5.74) is 1.61. The quantitative estimate of drug-likeness (QED) is 0.666. The number of guanidine groups is 1. The third kappa shape index (κ3) is 4.19. The molecule has 3 rings (SSSR count). The molecule has 1 heterocycles. The Morgan fingerprint density at radius 1 is 1.08 bits per heavy atom. The zero-order chi connectivity index (χ0) is 18.4. The minimum atomic E-state index is 0.167. The Labute approximate surface area is 157 Å². The number of carbonyl (C=O) groups excluding carboxylic acids is 1. The number of benzene rings is 1. The van der Waals surface area contributed by atoms with E-state index < -0.39 is 0 Å². The lowest BCUT2D eigenvalue weighted by molar-refractivity contribution is -0.130. The van der Waals surface area contributed by atoms with E-state index in [9.17, 15) is 4.79 Å². The van der Waals surface area contributed by atoms with Gasteiger partial charge in [-0.25, -0.2) is 0 Å². The molecule has 0 bridgehead atoms. The van der Waals surface area contributed by atoms with Crippen molar-refractivity contribution in [3.05, 3.63) is 35.9 Å². The van der Waals surface area contributed by atoms with Crippen LogP contribution in [0.5, 0.6) is 0 Å². The molecule has 26 heavy (non-hydrogen) atoms. The molecule has 1 amide bonds. The van der Waals surface area contributed by atoms with Gasteiger partial charge in [0.05, 0.1) is 6.54 Å². The first-order chi connectivity index (χ1) is 12.6. The smallest absolute Gasteiger partial charge is 0.219 e. The maximum atomic E-state index is 11.6. The molecule has 1 aromatic rings. The number of amides is 1. The molecule has 0 unspecified atom stereocenters. The topological polar surface area (TPSA) is 47.9 Å². The van der Waals surface area contributed by atoms with Crippen LogP contribution in [-0.4, -0.2) is 60.9 Å². The molecule has 0 radical (unpaired) electrons. The van der Waals surface area contributed by atoms with E-state index in [1.165, 1.54) is 31.2 Å². The molecular formula is C21H32N4O. The fourth-order valence-corrected chi connectivity index (χ4v) is 4.27. The van der Waals surface area contributed by atoms with Crippen LogP contribution in [0.15, 0.2) is 35.3 Å². The Morgan fingerprint density at radius 2 is 1.69 bits per heavy atom. The summed E-state index contributed by atoms with van der Waals surface area (Å²) in [5, 5.41) is 3.46. The number of hydrogen-bond acceptors (Lipinski definition) is 2. The SMILES string of the molecule is CCNC(=NCC1(c2ccccc2)CCCC1)N1CCN(C(C)=O)CC1. The van der Waals surface area contributed by atoms with Crippen molar-refractivity contribution in [1.82, 2.24) is 15.1 Å². The van der Waals surface area contributed by atoms with E-state index in [4.69, 9.17) is 4.99 Å². The van der Waals surface area contributed by atoms with E-state index in [1.807, 2.05) is 4.90 Å². The van der Waals surface area contributed by atoms with Gasteiger partial charge in [0.1, 0.15) is 0 Å². The molecule has 0 spiro atoms. The zero-order valence-electron chi connectivity index (χ0n) is 16.2. The van der Waals surface area contributed by atoms with Gasteiger partial charge in [0.2, 0.25) is 5.91 Å². The van der Waals surface area contributed by atoms with Crippen molar-refractivity contribution in [2.75, 3.05) is 39.3 Å². The van der Waals surface area contributed by atoms with Gasteiger partial charge in [-0.1, -0.05) is 43.2 Å². The van der Waals surface area contributed by atoms with Crippen LogP contribution in [0.25, 0.3) is 0 Å². The van der Waals surface area contributed by atoms with Gasteiger partial charge in [0.25, 0.3) is 0 Å². The van der Waals surface area contributed by atoms with Crippen molar-refractivity contribution in [3.63, 3.8) is 0 Å². The molecule has 1 saturated heterocycles. The first-order valence-corrected chi connectivity index (χ1v) is 9.99. The molecule has 1 aromatic carbocycles. The molecule has 5 nitrogen and oxygen atoms in total. The minimum absolute atomic E-state index is 0.167. The first kappa shape index (κ1) is 18.7. The van der Waals surface area contributed by atoms with Crippen molar-refractivity contribution in [2.45, 2.75) is 44.9 Å². The van der Waals surface area contributed by atoms with Crippen LogP contribution in [0.2, 0.25) is 0 Å². The summed E-state index contributed by atoms with van der Waals surface area (Å²) < 4.78 is 0. The van der Waals surface area contributed by atoms with Crippen molar-refractivity contribution < 1.29 is 4.79 Å². The van der Waals surface area contributed by atoms with Gasteiger partial charge in [-0.2, -0.15) is 0 Å². The van der Waals surface area contributed by atoms with Crippen LogP contribution in [0.4, 0.5) is 0 Å². The second-order valence-electron chi connectivity index (χ2n) is 7.52. The van der Waals surface area contributed by atoms with Crippen molar-refractivity contribution in [2.24, 2.45) is 4.99 Å². The summed E-state index contributed by atoms with van der Waals surface area (Å²) in [7, 11) is 0. The van der Waals surface area contributed by atoms with E-state index in [2.05, 4.69) is 47.5 Å². The van der Waals surface area contributed by atoms with Gasteiger partial charge in [-0.15, -0.1) is 0 Å². The van der Waals surface area contributed by atoms with E-state index in [1.54, 1.807) is 6.92 Å². The molecular weight excluding hydrogens is 324 g/mol. The standard InChI is InChI=1S/C21H32N4O/c1-3-22-20(25-15-13-24(14-16-25)18(2)26)23-17-21(11-7-8-12-21)19-9-5-4-6-10-19/h4-6,9-10H,3,7-8,11-17H2,1-2H3,(H,22,23). The van der Waals surface area contributed by atoms with Crippen LogP contribution in [-0.2, 0) is 10.2 Å². The van der Waals surface area contributed by atoms with Gasteiger partial charge in [0, 0.05) is 45.1 Å². The van der Waals surface area contributed by atoms with Crippen LogP contribution in [0.1, 0.15) is 45.1 Å². The number of aliphatic imine (C=N–C) groups is 1. The molecule has 0 atom stereocenters. The Kier molecular flexibility index (Phi) is 6.17. The van der Waals surface area contributed by atoms with Crippen LogP contribution >= 0.6 is 0 Å². The highest BCUT2D eigenvalue weighted by Gasteiger charge is 2.35. The molecule has 1 aliphatic carbocycles. The lowest BCUT2D eigenvalue weighted by atomic mass is 9.79. The van der Waals surface area contributed by atoms with Gasteiger partial charge in [-0.3, -0.25) is 9.79 Å². The maximum Gasteiger partial charge on any atom is 0.219 e. The number of nitrogens with zero attached hydrogens (tertiary/aromatic N) is 3. The maximum absolute atomic E-state index is 11.6. The highest BCUT2D eigenvalue weighted by atomic mass is 16.2. The fraction of sp³-hybridized carbons (Fsp3) is 0.619. The van der Waals surface area contributed by atoms with Gasteiger partial charge in [-0.05, 0) is 25.3 Å². The Morgan fingerprint density at radius 3 is 2.27 bits per heavy atom. The number of nitrogens with one attached hydrogen (secondary N) is 1. The summed E-state index contributed by atoms with van der Waals surface area (Å²) in [4.78, 5) is 20.8. The van der Waals surface area contributed by atoms with Crippen molar-refractivity contribution in [3.8, 4) is 0 Å². The molecule has 142 valence electrons. The van der Waals surface area contributed by atoms with Gasteiger partial charge in [0.15, 0.2) is 5.96 Å². The van der Waals surface area contributed by atoms with Crippen LogP contribution in [0.3, 0.4) is 0 Å². The molecule has 1 N–H and O–H groups in total. The fourth-order valence-electron chi connectivity index (χ4n) is 4.27. The lowest BCUT2D eigenvalue weighted by Crippen LogP contribution is -2.53. The molecule has 2 fully saturated rings. The molecule has 1 aliphatic heterocycles. The molecule has 1 saturated carbocycles. The summed E-state index contributed by atoms with van der Waals surface area (Å²) in [6.45, 7) is 8.74. The number of rotatable bonds is 4. The summed E-state index contributed by atoms with van der Waals surface area (Å²) >= 11 is 0. The van der Waals surface area contributed by atoms with Gasteiger partial charge < -0.3 is 15.1 Å². The average Bonchev–Trinajstić information content (AvgIpc) is 3.16. The van der Waals surface area contributed by atoms with E-state index in [-0.39, 0.29) is 11.3 Å². The summed E-state index contributed by atoms with van der Waals surface area (Å²) in [6.07, 6.45) is 5.02. The second kappa shape index (κ2) is 8.56. The molecule has 2 aliphatic rings. The first-order valence-electron chi connectivity index (χ1n) is 9.99. The highest BCUT2D eigenvalue weighted by molar-refractivity contribution is 5.80. The Bertz CT molecular complexity index is 614. The van der Waals surface area contributed by atoms with Crippen molar-refractivity contribution >= 4 is 11.9 Å². The van der Waals surface area contributed by atoms with Crippen LogP contribution in [0, 0.1) is 0 Å². The largest absolute Gasteiger partial charge is 0.357 e. The number of carbonyl (C=O) groups is 1. The third-order valence-corrected chi connectivity index (χ3v) is 5.84. The average molecular weight is 357 g/mol. The van der Waals surface area contributed by atoms with E-state index in [0.717, 1.165) is 45.2 Å². The Balaban J connectivity index is 1.73. The third-order valence-electron chi connectivity index (χ3n) is 5.84. The predicted octanol–water partition coefficient (Wildman–Crippen LogP) is 2.63. The monoisotopic (exact) mass is 356 g/mol. The van der Waals surface area contributed by atoms with Crippen molar-refractivity contribution in [1.29, 1.82) is 0 Å². The molecule has 5 heteroatoms. The minimum Gasteiger partial charge on any atom is -0.357 e. The van der Waals surface area contributed by atoms with E-state index >= 15 is 0 Å². The molecule has 0 aromatic heterocycles. The predicted molar refractivity (Wildman–Crippen MR) is 106 cm³/mol. The normalized spacial score (nSPS) is 20.3. The highest BCUT2D eigenvalue weighted by Crippen LogP contribution is 2.41. The zero-order valence-corrected chi connectivity index (χ0v) is 16.2. The summed E-state index contributed by atoms with van der Waals surface area (Å²) in [5.74, 6) is 1.17.